The Morgan fingerprint density at radius 1 is 1.11 bits per heavy atom. The van der Waals surface area contributed by atoms with Crippen LogP contribution in [0.3, 0.4) is 0 Å². The van der Waals surface area contributed by atoms with Gasteiger partial charge in [-0.25, -0.2) is 4.98 Å². The van der Waals surface area contributed by atoms with Crippen molar-refractivity contribution >= 4 is 32.9 Å². The second-order valence-corrected chi connectivity index (χ2v) is 5.19. The average molecular weight is 302 g/mol. The molecule has 90 valence electrons. The highest BCUT2D eigenvalue weighted by molar-refractivity contribution is 9.10. The van der Waals surface area contributed by atoms with E-state index in [-0.39, 0.29) is 0 Å². The molecule has 0 spiro atoms. The standard InChI is InChI=1S/C14H12BrN3/c1-9-2-5-11(6-3-9)18-13-7-4-10(15)8-12(13)17-14(18)16/h2-8H,1H3,(H2,16,17). The van der Waals surface area contributed by atoms with Crippen LogP contribution in [0.4, 0.5) is 5.95 Å². The summed E-state index contributed by atoms with van der Waals surface area (Å²) >= 11 is 3.44. The molecule has 0 saturated heterocycles. The zero-order valence-corrected chi connectivity index (χ0v) is 11.5. The van der Waals surface area contributed by atoms with Gasteiger partial charge in [0.2, 0.25) is 5.95 Å². The van der Waals surface area contributed by atoms with Crippen LogP contribution in [0.1, 0.15) is 5.56 Å². The van der Waals surface area contributed by atoms with Crippen molar-refractivity contribution in [1.29, 1.82) is 0 Å². The summed E-state index contributed by atoms with van der Waals surface area (Å²) < 4.78 is 2.96. The first-order valence-electron chi connectivity index (χ1n) is 5.66. The third-order valence-electron chi connectivity index (χ3n) is 2.93. The van der Waals surface area contributed by atoms with E-state index in [1.165, 1.54) is 5.56 Å². The summed E-state index contributed by atoms with van der Waals surface area (Å²) in [4.78, 5) is 4.38. The first kappa shape index (κ1) is 11.3. The number of halogens is 1. The number of anilines is 1. The van der Waals surface area contributed by atoms with E-state index in [2.05, 4.69) is 52.1 Å². The summed E-state index contributed by atoms with van der Waals surface area (Å²) in [5.41, 5.74) is 10.2. The molecular weight excluding hydrogens is 290 g/mol. The van der Waals surface area contributed by atoms with Gasteiger partial charge in [-0.2, -0.15) is 0 Å². The lowest BCUT2D eigenvalue weighted by atomic mass is 10.2. The van der Waals surface area contributed by atoms with Gasteiger partial charge in [-0.15, -0.1) is 0 Å². The average Bonchev–Trinajstić information content (AvgIpc) is 2.65. The lowest BCUT2D eigenvalue weighted by Gasteiger charge is -2.06. The van der Waals surface area contributed by atoms with Crippen LogP contribution >= 0.6 is 15.9 Å². The summed E-state index contributed by atoms with van der Waals surface area (Å²) in [6.45, 7) is 2.07. The van der Waals surface area contributed by atoms with E-state index >= 15 is 0 Å². The minimum absolute atomic E-state index is 0.506. The molecule has 18 heavy (non-hydrogen) atoms. The number of imidazole rings is 1. The van der Waals surface area contributed by atoms with Gasteiger partial charge in [-0.3, -0.25) is 4.57 Å². The Kier molecular flexibility index (Phi) is 2.59. The van der Waals surface area contributed by atoms with Crippen LogP contribution in [0.5, 0.6) is 0 Å². The van der Waals surface area contributed by atoms with Crippen LogP contribution < -0.4 is 5.73 Å². The van der Waals surface area contributed by atoms with Gasteiger partial charge in [0.15, 0.2) is 0 Å². The molecule has 0 radical (unpaired) electrons. The zero-order chi connectivity index (χ0) is 12.7. The van der Waals surface area contributed by atoms with Gasteiger partial charge in [0.05, 0.1) is 11.0 Å². The van der Waals surface area contributed by atoms with Crippen LogP contribution in [0.25, 0.3) is 16.7 Å². The highest BCUT2D eigenvalue weighted by Gasteiger charge is 2.09. The van der Waals surface area contributed by atoms with E-state index in [1.54, 1.807) is 0 Å². The predicted molar refractivity (Wildman–Crippen MR) is 77.9 cm³/mol. The Bertz CT molecular complexity index is 714. The van der Waals surface area contributed by atoms with Crippen LogP contribution in [0.15, 0.2) is 46.9 Å². The van der Waals surface area contributed by atoms with Gasteiger partial charge < -0.3 is 5.73 Å². The molecule has 0 unspecified atom stereocenters. The number of rotatable bonds is 1. The second-order valence-electron chi connectivity index (χ2n) is 4.27. The zero-order valence-electron chi connectivity index (χ0n) is 9.89. The number of nitrogens with zero attached hydrogens (tertiary/aromatic N) is 2. The van der Waals surface area contributed by atoms with Gasteiger partial charge in [0.25, 0.3) is 0 Å². The third kappa shape index (κ3) is 1.78. The van der Waals surface area contributed by atoms with Gasteiger partial charge in [-0.1, -0.05) is 33.6 Å². The largest absolute Gasteiger partial charge is 0.369 e. The number of hydrogen-bond acceptors (Lipinski definition) is 2. The van der Waals surface area contributed by atoms with Crippen molar-refractivity contribution in [2.24, 2.45) is 0 Å². The monoisotopic (exact) mass is 301 g/mol. The molecule has 2 N–H and O–H groups in total. The lowest BCUT2D eigenvalue weighted by molar-refractivity contribution is 1.11. The molecule has 3 rings (SSSR count). The van der Waals surface area contributed by atoms with E-state index in [0.717, 1.165) is 21.2 Å². The van der Waals surface area contributed by atoms with E-state index in [1.807, 2.05) is 22.8 Å². The van der Waals surface area contributed by atoms with Crippen LogP contribution in [-0.2, 0) is 0 Å². The van der Waals surface area contributed by atoms with Crippen molar-refractivity contribution in [3.63, 3.8) is 0 Å². The Morgan fingerprint density at radius 2 is 1.83 bits per heavy atom. The molecule has 1 aromatic heterocycles. The summed E-state index contributed by atoms with van der Waals surface area (Å²) in [6, 6.07) is 14.2. The SMILES string of the molecule is Cc1ccc(-n2c(N)nc3cc(Br)ccc32)cc1. The highest BCUT2D eigenvalue weighted by atomic mass is 79.9. The maximum absolute atomic E-state index is 6.01. The molecule has 3 nitrogen and oxygen atoms in total. The smallest absolute Gasteiger partial charge is 0.205 e. The van der Waals surface area contributed by atoms with Crippen molar-refractivity contribution in [3.8, 4) is 5.69 Å². The van der Waals surface area contributed by atoms with Crippen LogP contribution in [0, 0.1) is 6.92 Å². The summed E-state index contributed by atoms with van der Waals surface area (Å²) in [7, 11) is 0. The lowest BCUT2D eigenvalue weighted by Crippen LogP contribution is -2.00. The molecule has 2 aromatic carbocycles. The molecule has 0 aliphatic carbocycles. The molecule has 0 aliphatic heterocycles. The Balaban J connectivity index is 2.28. The predicted octanol–water partition coefficient (Wildman–Crippen LogP) is 3.68. The fourth-order valence-corrected chi connectivity index (χ4v) is 2.39. The van der Waals surface area contributed by atoms with E-state index in [0.29, 0.717) is 5.95 Å². The highest BCUT2D eigenvalue weighted by Crippen LogP contribution is 2.25. The molecule has 3 aromatic rings. The number of fused-ring (bicyclic) bond motifs is 1. The molecule has 0 aliphatic rings. The van der Waals surface area contributed by atoms with Crippen LogP contribution in [0.2, 0.25) is 0 Å². The molecule has 0 fully saturated rings. The quantitative estimate of drug-likeness (QED) is 0.745. The molecule has 1 heterocycles. The molecule has 0 bridgehead atoms. The Labute approximate surface area is 113 Å². The fraction of sp³-hybridized carbons (Fsp3) is 0.0714. The van der Waals surface area contributed by atoms with Crippen molar-refractivity contribution in [3.05, 3.63) is 52.5 Å². The number of nitrogen functional groups attached to an aromatic ring is 1. The Morgan fingerprint density at radius 3 is 2.56 bits per heavy atom. The van der Waals surface area contributed by atoms with E-state index < -0.39 is 0 Å². The normalized spacial score (nSPS) is 11.0. The number of aromatic nitrogens is 2. The molecule has 0 atom stereocenters. The van der Waals surface area contributed by atoms with Crippen molar-refractivity contribution < 1.29 is 0 Å². The van der Waals surface area contributed by atoms with E-state index in [4.69, 9.17) is 5.73 Å². The topological polar surface area (TPSA) is 43.8 Å². The summed E-state index contributed by atoms with van der Waals surface area (Å²) in [5, 5.41) is 0. The van der Waals surface area contributed by atoms with Crippen molar-refractivity contribution in [2.45, 2.75) is 6.92 Å². The third-order valence-corrected chi connectivity index (χ3v) is 3.43. The number of benzene rings is 2. The molecule has 0 saturated carbocycles. The molecule has 0 amide bonds. The first-order valence-corrected chi connectivity index (χ1v) is 6.45. The fourth-order valence-electron chi connectivity index (χ4n) is 2.04. The summed E-state index contributed by atoms with van der Waals surface area (Å²) in [5.74, 6) is 0.506. The second kappa shape index (κ2) is 4.14. The minimum atomic E-state index is 0.506. The minimum Gasteiger partial charge on any atom is -0.369 e. The van der Waals surface area contributed by atoms with Gasteiger partial charge in [0.1, 0.15) is 0 Å². The van der Waals surface area contributed by atoms with Crippen molar-refractivity contribution in [1.82, 2.24) is 9.55 Å². The molecular formula is C14H12BrN3. The number of nitrogens with two attached hydrogens (primary N) is 1. The maximum Gasteiger partial charge on any atom is 0.205 e. The number of aryl methyl sites for hydroxylation is 1. The van der Waals surface area contributed by atoms with Gasteiger partial charge in [0, 0.05) is 10.2 Å². The number of hydrogen-bond donors (Lipinski definition) is 1. The van der Waals surface area contributed by atoms with E-state index in [9.17, 15) is 0 Å². The Hall–Kier alpha value is -1.81. The maximum atomic E-state index is 6.01. The van der Waals surface area contributed by atoms with Crippen LogP contribution in [-0.4, -0.2) is 9.55 Å². The van der Waals surface area contributed by atoms with Gasteiger partial charge in [-0.05, 0) is 37.3 Å². The molecule has 4 heteroatoms. The van der Waals surface area contributed by atoms with Gasteiger partial charge >= 0.3 is 0 Å². The summed E-state index contributed by atoms with van der Waals surface area (Å²) in [6.07, 6.45) is 0. The first-order chi connectivity index (χ1) is 8.65. The van der Waals surface area contributed by atoms with Crippen molar-refractivity contribution in [2.75, 3.05) is 5.73 Å².